The first-order chi connectivity index (χ1) is 21.1. The molecule has 2 saturated heterocycles. The molecule has 0 aliphatic carbocycles. The summed E-state index contributed by atoms with van der Waals surface area (Å²) in [6.45, 7) is 4.32. The fourth-order valence-electron chi connectivity index (χ4n) is 5.91. The van der Waals surface area contributed by atoms with Crippen LogP contribution in [0.4, 0.5) is 4.79 Å². The summed E-state index contributed by atoms with van der Waals surface area (Å²) in [5, 5.41) is 23.9. The van der Waals surface area contributed by atoms with Crippen LogP contribution in [-0.4, -0.2) is 93.3 Å². The zero-order chi connectivity index (χ0) is 31.3. The highest BCUT2D eigenvalue weighted by Gasteiger charge is 2.44. The van der Waals surface area contributed by atoms with E-state index in [1.807, 2.05) is 44.2 Å². The quantitative estimate of drug-likeness (QED) is 0.283. The van der Waals surface area contributed by atoms with Crippen LogP contribution in [0.2, 0.25) is 0 Å². The van der Waals surface area contributed by atoms with Crippen LogP contribution in [0, 0.1) is 11.3 Å². The molecule has 5 rings (SSSR count). The van der Waals surface area contributed by atoms with Gasteiger partial charge in [-0.15, -0.1) is 0 Å². The molecule has 12 nitrogen and oxygen atoms in total. The SMILES string of the molecule is CC(C)(CCCO)CN(CC(O)C(Cc1ccccc1)NC(=O)OC1COC2OCCC12)S(=O)(=O)c1ccc2c(c1)OCO2. The Labute approximate surface area is 258 Å². The van der Waals surface area contributed by atoms with E-state index in [2.05, 4.69) is 5.32 Å². The molecule has 3 aliphatic heterocycles. The summed E-state index contributed by atoms with van der Waals surface area (Å²) in [6.07, 6.45) is -0.886. The van der Waals surface area contributed by atoms with Gasteiger partial charge < -0.3 is 39.2 Å². The molecule has 242 valence electrons. The van der Waals surface area contributed by atoms with Gasteiger partial charge in [0.05, 0.1) is 36.2 Å². The zero-order valence-electron chi connectivity index (χ0n) is 25.1. The van der Waals surface area contributed by atoms with E-state index >= 15 is 0 Å². The average molecular weight is 635 g/mol. The van der Waals surface area contributed by atoms with Crippen molar-refractivity contribution in [2.45, 2.75) is 69.0 Å². The van der Waals surface area contributed by atoms with Crippen LogP contribution in [0.1, 0.15) is 38.7 Å². The van der Waals surface area contributed by atoms with Crippen molar-refractivity contribution in [2.75, 3.05) is 39.7 Å². The van der Waals surface area contributed by atoms with E-state index in [0.717, 1.165) is 12.0 Å². The van der Waals surface area contributed by atoms with E-state index in [1.165, 1.54) is 16.4 Å². The fourth-order valence-corrected chi connectivity index (χ4v) is 7.57. The van der Waals surface area contributed by atoms with Gasteiger partial charge in [0.15, 0.2) is 17.8 Å². The van der Waals surface area contributed by atoms with Crippen molar-refractivity contribution in [3.63, 3.8) is 0 Å². The minimum Gasteiger partial charge on any atom is -0.454 e. The number of benzene rings is 2. The lowest BCUT2D eigenvalue weighted by Crippen LogP contribution is -2.52. The Bertz CT molecular complexity index is 1370. The first kappa shape index (κ1) is 32.5. The van der Waals surface area contributed by atoms with Crippen LogP contribution < -0.4 is 14.8 Å². The van der Waals surface area contributed by atoms with Crippen LogP contribution in [0.15, 0.2) is 53.4 Å². The highest BCUT2D eigenvalue weighted by Crippen LogP contribution is 2.36. The maximum Gasteiger partial charge on any atom is 0.407 e. The normalized spacial score (nSPS) is 22.5. The summed E-state index contributed by atoms with van der Waals surface area (Å²) in [4.78, 5) is 13.1. The molecule has 0 bridgehead atoms. The van der Waals surface area contributed by atoms with Crippen molar-refractivity contribution in [2.24, 2.45) is 11.3 Å². The maximum atomic E-state index is 14.1. The number of hydrogen-bond acceptors (Lipinski definition) is 10. The van der Waals surface area contributed by atoms with Gasteiger partial charge in [0.2, 0.25) is 16.8 Å². The molecule has 2 aromatic carbocycles. The third kappa shape index (κ3) is 7.82. The van der Waals surface area contributed by atoms with Crippen molar-refractivity contribution in [1.29, 1.82) is 0 Å². The van der Waals surface area contributed by atoms with Gasteiger partial charge in [-0.3, -0.25) is 0 Å². The maximum absolute atomic E-state index is 14.1. The molecule has 13 heteroatoms. The highest BCUT2D eigenvalue weighted by molar-refractivity contribution is 7.89. The summed E-state index contributed by atoms with van der Waals surface area (Å²) < 4.78 is 57.0. The number of carbonyl (C=O) groups is 1. The molecule has 5 unspecified atom stereocenters. The minimum absolute atomic E-state index is 0.000201. The summed E-state index contributed by atoms with van der Waals surface area (Å²) in [6, 6.07) is 12.9. The van der Waals surface area contributed by atoms with Gasteiger partial charge in [0, 0.05) is 25.8 Å². The van der Waals surface area contributed by atoms with Crippen LogP contribution in [-0.2, 0) is 30.7 Å². The van der Waals surface area contributed by atoms with Crippen LogP contribution in [0.5, 0.6) is 11.5 Å². The van der Waals surface area contributed by atoms with E-state index in [9.17, 15) is 23.4 Å². The minimum atomic E-state index is -4.14. The number of carbonyl (C=O) groups excluding carboxylic acids is 1. The molecule has 44 heavy (non-hydrogen) atoms. The van der Waals surface area contributed by atoms with Crippen molar-refractivity contribution in [3.8, 4) is 11.5 Å². The third-order valence-corrected chi connectivity index (χ3v) is 10.1. The van der Waals surface area contributed by atoms with Crippen LogP contribution in [0.25, 0.3) is 0 Å². The van der Waals surface area contributed by atoms with Gasteiger partial charge in [-0.2, -0.15) is 4.31 Å². The molecule has 2 fully saturated rings. The van der Waals surface area contributed by atoms with Gasteiger partial charge in [-0.1, -0.05) is 44.2 Å². The Morgan fingerprint density at radius 2 is 1.91 bits per heavy atom. The number of nitrogens with one attached hydrogen (secondary N) is 1. The molecule has 1 amide bonds. The van der Waals surface area contributed by atoms with E-state index < -0.39 is 39.8 Å². The molecular weight excluding hydrogens is 592 g/mol. The number of ether oxygens (including phenoxy) is 5. The number of aliphatic hydroxyl groups excluding tert-OH is 2. The third-order valence-electron chi connectivity index (χ3n) is 8.30. The first-order valence-corrected chi connectivity index (χ1v) is 16.4. The number of nitrogens with zero attached hydrogens (tertiary/aromatic N) is 1. The molecule has 2 aromatic rings. The standard InChI is InChI=1S/C31H42N2O10S/c1-31(2,12-6-13-34)19-33(44(37,38)22-9-10-26-27(16-22)42-20-41-26)17-25(35)24(15-21-7-4-3-5-8-21)32-30(36)43-28-18-40-29-23(28)11-14-39-29/h3-5,7-10,16,23-25,28-29,34-35H,6,11-15,17-20H2,1-2H3,(H,32,36). The Kier molecular flexibility index (Phi) is 10.3. The lowest BCUT2D eigenvalue weighted by atomic mass is 9.87. The molecule has 0 saturated carbocycles. The molecule has 3 N–H and O–H groups in total. The number of alkyl carbamates (subject to hydrolysis) is 1. The molecule has 0 spiro atoms. The molecule has 0 aromatic heterocycles. The Morgan fingerprint density at radius 3 is 2.68 bits per heavy atom. The van der Waals surface area contributed by atoms with Gasteiger partial charge in [-0.25, -0.2) is 13.2 Å². The average Bonchev–Trinajstić information content (AvgIpc) is 3.74. The summed E-state index contributed by atoms with van der Waals surface area (Å²) >= 11 is 0. The molecule has 3 aliphatic rings. The number of rotatable bonds is 14. The summed E-state index contributed by atoms with van der Waals surface area (Å²) in [7, 11) is -4.14. The van der Waals surface area contributed by atoms with E-state index in [-0.39, 0.29) is 56.6 Å². The van der Waals surface area contributed by atoms with Crippen molar-refractivity contribution >= 4 is 16.1 Å². The predicted molar refractivity (Wildman–Crippen MR) is 159 cm³/mol. The Morgan fingerprint density at radius 1 is 1.14 bits per heavy atom. The lowest BCUT2D eigenvalue weighted by Gasteiger charge is -2.35. The van der Waals surface area contributed by atoms with E-state index in [4.69, 9.17) is 23.7 Å². The summed E-state index contributed by atoms with van der Waals surface area (Å²) in [5.74, 6) is 0.720. The largest absolute Gasteiger partial charge is 0.454 e. The number of sulfonamides is 1. The smallest absolute Gasteiger partial charge is 0.407 e. The number of aliphatic hydroxyl groups is 2. The van der Waals surface area contributed by atoms with Crippen LogP contribution in [0.3, 0.4) is 0 Å². The number of hydrogen-bond donors (Lipinski definition) is 3. The van der Waals surface area contributed by atoms with Gasteiger partial charge in [0.25, 0.3) is 0 Å². The second kappa shape index (κ2) is 14.0. The van der Waals surface area contributed by atoms with Crippen molar-refractivity contribution < 1.29 is 47.1 Å². The van der Waals surface area contributed by atoms with Crippen LogP contribution >= 0.6 is 0 Å². The fraction of sp³-hybridized carbons (Fsp3) is 0.581. The van der Waals surface area contributed by atoms with E-state index in [0.29, 0.717) is 30.9 Å². The second-order valence-electron chi connectivity index (χ2n) is 12.3. The predicted octanol–water partition coefficient (Wildman–Crippen LogP) is 2.66. The molecule has 5 atom stereocenters. The highest BCUT2D eigenvalue weighted by atomic mass is 32.2. The second-order valence-corrected chi connectivity index (χ2v) is 14.2. The zero-order valence-corrected chi connectivity index (χ0v) is 25.9. The van der Waals surface area contributed by atoms with Crippen molar-refractivity contribution in [3.05, 3.63) is 54.1 Å². The summed E-state index contributed by atoms with van der Waals surface area (Å²) in [5.41, 5.74) is 0.314. The monoisotopic (exact) mass is 634 g/mol. The first-order valence-electron chi connectivity index (χ1n) is 15.0. The number of fused-ring (bicyclic) bond motifs is 2. The lowest BCUT2D eigenvalue weighted by molar-refractivity contribution is -0.0907. The number of amides is 1. The Balaban J connectivity index is 1.37. The van der Waals surface area contributed by atoms with Gasteiger partial charge >= 0.3 is 6.09 Å². The molecular formula is C31H42N2O10S. The Hall–Kier alpha value is -2.94. The molecule has 3 heterocycles. The van der Waals surface area contributed by atoms with Crippen molar-refractivity contribution in [1.82, 2.24) is 9.62 Å². The van der Waals surface area contributed by atoms with Gasteiger partial charge in [0.1, 0.15) is 6.10 Å². The van der Waals surface area contributed by atoms with Gasteiger partial charge in [-0.05, 0) is 48.8 Å². The van der Waals surface area contributed by atoms with E-state index in [1.54, 1.807) is 6.07 Å². The topological polar surface area (TPSA) is 153 Å². The molecule has 0 radical (unpaired) electrons.